The largest absolute Gasteiger partial charge is 0.359 e. The van der Waals surface area contributed by atoms with Gasteiger partial charge in [0.15, 0.2) is 11.6 Å². The van der Waals surface area contributed by atoms with Gasteiger partial charge in [0.05, 0.1) is 11.3 Å². The number of hydrogen-bond acceptors (Lipinski definition) is 6. The lowest BCUT2D eigenvalue weighted by atomic mass is 10.1. The first-order chi connectivity index (χ1) is 10.4. The summed E-state index contributed by atoms with van der Waals surface area (Å²) in [5.41, 5.74) is 1.21. The maximum atomic E-state index is 12.5. The van der Waals surface area contributed by atoms with Gasteiger partial charge in [0.25, 0.3) is 15.9 Å². The van der Waals surface area contributed by atoms with Crippen LogP contribution in [0.4, 0.5) is 5.69 Å². The van der Waals surface area contributed by atoms with E-state index >= 15 is 0 Å². The average Bonchev–Trinajstić information content (AvgIpc) is 2.77. The third kappa shape index (κ3) is 2.54. The molecule has 1 N–H and O–H groups in total. The van der Waals surface area contributed by atoms with E-state index in [0.717, 1.165) is 0 Å². The summed E-state index contributed by atoms with van der Waals surface area (Å²) in [6.07, 6.45) is 4.91. The average molecular weight is 322 g/mol. The maximum Gasteiger partial charge on any atom is 0.259 e. The van der Waals surface area contributed by atoms with E-state index in [9.17, 15) is 13.2 Å². The van der Waals surface area contributed by atoms with Gasteiger partial charge in [0, 0.05) is 12.7 Å². The van der Waals surface area contributed by atoms with Crippen LogP contribution in [0.15, 0.2) is 32.8 Å². The van der Waals surface area contributed by atoms with Crippen LogP contribution in [-0.2, 0) is 14.8 Å². The van der Waals surface area contributed by atoms with Gasteiger partial charge in [-0.05, 0) is 26.0 Å². The van der Waals surface area contributed by atoms with Gasteiger partial charge >= 0.3 is 0 Å². The molecule has 1 amide bonds. The zero-order valence-corrected chi connectivity index (χ0v) is 12.8. The van der Waals surface area contributed by atoms with E-state index < -0.39 is 15.9 Å². The Hall–Kier alpha value is -2.42. The molecule has 0 saturated carbocycles. The third-order valence-corrected chi connectivity index (χ3v) is 4.52. The fraction of sp³-hybridized carbons (Fsp3) is 0.308. The summed E-state index contributed by atoms with van der Waals surface area (Å²) in [7, 11) is -3.54. The highest BCUT2D eigenvalue weighted by Gasteiger charge is 2.30. The van der Waals surface area contributed by atoms with E-state index in [-0.39, 0.29) is 23.7 Å². The fourth-order valence-electron chi connectivity index (χ4n) is 2.24. The molecule has 0 saturated heterocycles. The molecule has 1 aromatic rings. The summed E-state index contributed by atoms with van der Waals surface area (Å²) in [5, 5.41) is 6.45. The molecule has 3 heterocycles. The van der Waals surface area contributed by atoms with Gasteiger partial charge in [-0.25, -0.2) is 8.42 Å². The number of hydrogen-bond donors (Lipinski definition) is 1. The molecule has 8 nitrogen and oxygen atoms in total. The van der Waals surface area contributed by atoms with Gasteiger partial charge in [0.2, 0.25) is 0 Å². The van der Waals surface area contributed by atoms with Crippen molar-refractivity contribution >= 4 is 27.5 Å². The molecule has 0 atom stereocenters. The van der Waals surface area contributed by atoms with Crippen LogP contribution >= 0.6 is 0 Å². The number of nitrogens with zero attached hydrogens (tertiary/aromatic N) is 3. The maximum absolute atomic E-state index is 12.5. The van der Waals surface area contributed by atoms with Crippen LogP contribution in [0.5, 0.6) is 0 Å². The van der Waals surface area contributed by atoms with Gasteiger partial charge in [-0.3, -0.25) is 4.79 Å². The number of aryl methyl sites for hydroxylation is 2. The van der Waals surface area contributed by atoms with Crippen LogP contribution in [0.3, 0.4) is 0 Å². The highest BCUT2D eigenvalue weighted by Crippen LogP contribution is 2.22. The van der Waals surface area contributed by atoms with Crippen LogP contribution in [-0.4, -0.2) is 42.5 Å². The van der Waals surface area contributed by atoms with Gasteiger partial charge in [-0.15, -0.1) is 4.40 Å². The predicted molar refractivity (Wildman–Crippen MR) is 79.8 cm³/mol. The van der Waals surface area contributed by atoms with Crippen molar-refractivity contribution in [2.24, 2.45) is 4.40 Å². The summed E-state index contributed by atoms with van der Waals surface area (Å²) in [4.78, 5) is 14.1. The minimum Gasteiger partial charge on any atom is -0.359 e. The van der Waals surface area contributed by atoms with Gasteiger partial charge in [-0.2, -0.15) is 0 Å². The van der Waals surface area contributed by atoms with Gasteiger partial charge in [-0.1, -0.05) is 5.16 Å². The topological polar surface area (TPSA) is 105 Å². The zero-order chi connectivity index (χ0) is 15.9. The molecule has 0 aromatic carbocycles. The Kier molecular flexibility index (Phi) is 3.36. The molecule has 9 heteroatoms. The van der Waals surface area contributed by atoms with E-state index in [2.05, 4.69) is 14.9 Å². The van der Waals surface area contributed by atoms with Crippen molar-refractivity contribution in [2.45, 2.75) is 13.8 Å². The monoisotopic (exact) mass is 322 g/mol. The van der Waals surface area contributed by atoms with Crippen molar-refractivity contribution in [3.8, 4) is 0 Å². The fourth-order valence-corrected chi connectivity index (χ4v) is 3.22. The summed E-state index contributed by atoms with van der Waals surface area (Å²) in [6.45, 7) is 3.66. The summed E-state index contributed by atoms with van der Waals surface area (Å²) >= 11 is 0. The SMILES string of the molecule is Cc1noc(C)c1NC(=O)C1=CC=CN2CCS(=O)(=O)N=C12. The lowest BCUT2D eigenvalue weighted by Gasteiger charge is -2.28. The van der Waals surface area contributed by atoms with Crippen LogP contribution in [0, 0.1) is 13.8 Å². The molecule has 22 heavy (non-hydrogen) atoms. The Morgan fingerprint density at radius 3 is 2.86 bits per heavy atom. The van der Waals surface area contributed by atoms with E-state index in [1.54, 1.807) is 31.0 Å². The molecule has 0 fully saturated rings. The summed E-state index contributed by atoms with van der Waals surface area (Å²) < 4.78 is 32.0. The molecule has 0 unspecified atom stereocenters. The molecule has 2 aliphatic heterocycles. The van der Waals surface area contributed by atoms with Crippen LogP contribution in [0.25, 0.3) is 0 Å². The van der Waals surface area contributed by atoms with Crippen molar-refractivity contribution in [1.29, 1.82) is 0 Å². The number of fused-ring (bicyclic) bond motifs is 1. The molecular weight excluding hydrogens is 308 g/mol. The van der Waals surface area contributed by atoms with Gasteiger partial charge in [0.1, 0.15) is 11.4 Å². The number of aromatic nitrogens is 1. The van der Waals surface area contributed by atoms with Gasteiger partial charge < -0.3 is 14.7 Å². The number of nitrogens with one attached hydrogen (secondary N) is 1. The molecular formula is C13H14N4O4S. The second-order valence-corrected chi connectivity index (χ2v) is 6.72. The second-order valence-electron chi connectivity index (χ2n) is 4.97. The second kappa shape index (κ2) is 5.09. The number of rotatable bonds is 2. The van der Waals surface area contributed by atoms with Crippen molar-refractivity contribution in [2.75, 3.05) is 17.6 Å². The van der Waals surface area contributed by atoms with Crippen molar-refractivity contribution in [1.82, 2.24) is 10.1 Å². The van der Waals surface area contributed by atoms with E-state index in [1.165, 1.54) is 6.08 Å². The van der Waals surface area contributed by atoms with Crippen LogP contribution in [0.2, 0.25) is 0 Å². The Morgan fingerprint density at radius 1 is 1.41 bits per heavy atom. The molecule has 1 aromatic heterocycles. The Bertz CT molecular complexity index is 813. The molecule has 3 rings (SSSR count). The highest BCUT2D eigenvalue weighted by atomic mass is 32.2. The molecule has 0 bridgehead atoms. The number of amidine groups is 1. The molecule has 0 aliphatic carbocycles. The van der Waals surface area contributed by atoms with Crippen LogP contribution in [0.1, 0.15) is 11.5 Å². The lowest BCUT2D eigenvalue weighted by Crippen LogP contribution is -2.40. The van der Waals surface area contributed by atoms with E-state index in [0.29, 0.717) is 17.1 Å². The lowest BCUT2D eigenvalue weighted by molar-refractivity contribution is -0.112. The first-order valence-electron chi connectivity index (χ1n) is 6.60. The summed E-state index contributed by atoms with van der Waals surface area (Å²) in [5.74, 6) is 0.0880. The number of carbonyl (C=O) groups excluding carboxylic acids is 1. The third-order valence-electron chi connectivity index (χ3n) is 3.37. The Balaban J connectivity index is 1.93. The molecule has 2 aliphatic rings. The Labute approximate surface area is 127 Å². The Morgan fingerprint density at radius 2 is 2.18 bits per heavy atom. The molecule has 0 radical (unpaired) electrons. The quantitative estimate of drug-likeness (QED) is 0.860. The van der Waals surface area contributed by atoms with Crippen molar-refractivity contribution in [3.63, 3.8) is 0 Å². The highest BCUT2D eigenvalue weighted by molar-refractivity contribution is 7.90. The number of anilines is 1. The van der Waals surface area contributed by atoms with E-state index in [4.69, 9.17) is 4.52 Å². The number of allylic oxidation sites excluding steroid dienone is 2. The molecule has 0 spiro atoms. The predicted octanol–water partition coefficient (Wildman–Crippen LogP) is 0.728. The first kappa shape index (κ1) is 14.5. The smallest absolute Gasteiger partial charge is 0.259 e. The minimum atomic E-state index is -3.54. The standard InChI is InChI=1S/C13H14N4O4S/c1-8-11(9(2)21-15-8)14-13(18)10-4-3-5-17-6-7-22(19,20)16-12(10)17/h3-5H,6-7H2,1-2H3,(H,14,18). The number of carbonyl (C=O) groups is 1. The zero-order valence-electron chi connectivity index (χ0n) is 12.0. The molecule has 116 valence electrons. The first-order valence-corrected chi connectivity index (χ1v) is 8.21. The minimum absolute atomic E-state index is 0.0698. The van der Waals surface area contributed by atoms with Crippen molar-refractivity contribution < 1.29 is 17.7 Å². The number of amides is 1. The van der Waals surface area contributed by atoms with Crippen LogP contribution < -0.4 is 5.32 Å². The normalized spacial score (nSPS) is 19.3. The number of sulfonamides is 1. The van der Waals surface area contributed by atoms with E-state index in [1.807, 2.05) is 0 Å². The summed E-state index contributed by atoms with van der Waals surface area (Å²) in [6, 6.07) is 0. The van der Waals surface area contributed by atoms with Crippen molar-refractivity contribution in [3.05, 3.63) is 35.4 Å².